The van der Waals surface area contributed by atoms with Crippen LogP contribution in [0.15, 0.2) is 71.7 Å². The smallest absolute Gasteiger partial charge is 0.259 e. The molecule has 1 aliphatic rings. The molecule has 0 aliphatic carbocycles. The van der Waals surface area contributed by atoms with E-state index in [2.05, 4.69) is 11.4 Å². The van der Waals surface area contributed by atoms with Gasteiger partial charge >= 0.3 is 0 Å². The maximum Gasteiger partial charge on any atom is 0.259 e. The van der Waals surface area contributed by atoms with Gasteiger partial charge in [0.25, 0.3) is 5.56 Å². The minimum absolute atomic E-state index is 0.0465. The number of anilines is 1. The number of aromatic nitrogens is 1. The molecule has 0 unspecified atom stereocenters. The summed E-state index contributed by atoms with van der Waals surface area (Å²) in [6, 6.07) is 16.4. The Morgan fingerprint density at radius 2 is 1.83 bits per heavy atom. The zero-order valence-electron chi connectivity index (χ0n) is 20.1. The van der Waals surface area contributed by atoms with Crippen molar-refractivity contribution in [2.24, 2.45) is 5.92 Å². The van der Waals surface area contributed by atoms with Crippen molar-refractivity contribution in [3.05, 3.63) is 88.6 Å². The van der Waals surface area contributed by atoms with Crippen molar-refractivity contribution in [2.75, 3.05) is 11.9 Å². The Hall–Kier alpha value is -4.25. The number of hydrogen-bond acceptors (Lipinski definition) is 4. The lowest BCUT2D eigenvalue weighted by Crippen LogP contribution is -2.50. The second-order valence-corrected chi connectivity index (χ2v) is 9.31. The average molecular weight is 487 g/mol. The first kappa shape index (κ1) is 24.9. The largest absolute Gasteiger partial charge is 0.324 e. The molecule has 7 nitrogen and oxygen atoms in total. The molecule has 2 amide bonds. The number of nitriles is 1. The number of carbonyl (C=O) groups excluding carboxylic acids is 2. The number of nitrogens with one attached hydrogen (secondary N) is 1. The number of pyridine rings is 1. The van der Waals surface area contributed by atoms with Gasteiger partial charge in [-0.05, 0) is 53.8 Å². The number of benzene rings is 2. The summed E-state index contributed by atoms with van der Waals surface area (Å²) >= 11 is 0. The van der Waals surface area contributed by atoms with Crippen LogP contribution in [0, 0.1) is 23.1 Å². The molecule has 0 spiro atoms. The minimum atomic E-state index is -0.920. The van der Waals surface area contributed by atoms with Crippen LogP contribution in [-0.4, -0.2) is 33.9 Å². The van der Waals surface area contributed by atoms with E-state index in [4.69, 9.17) is 0 Å². The van der Waals surface area contributed by atoms with Crippen LogP contribution in [0.1, 0.15) is 31.9 Å². The molecule has 1 aromatic heterocycles. The summed E-state index contributed by atoms with van der Waals surface area (Å²) in [6.45, 7) is 3.58. The van der Waals surface area contributed by atoms with Crippen LogP contribution in [0.3, 0.4) is 0 Å². The van der Waals surface area contributed by atoms with Crippen molar-refractivity contribution < 1.29 is 14.0 Å². The topological polar surface area (TPSA) is 95.2 Å². The molecule has 0 radical (unpaired) electrons. The number of hydrogen-bond donors (Lipinski definition) is 1. The van der Waals surface area contributed by atoms with Gasteiger partial charge in [-0.1, -0.05) is 44.2 Å². The molecule has 3 aromatic rings. The van der Waals surface area contributed by atoms with Gasteiger partial charge in [0.1, 0.15) is 24.4 Å². The van der Waals surface area contributed by atoms with Gasteiger partial charge in [-0.2, -0.15) is 5.26 Å². The Balaban J connectivity index is 1.75. The highest BCUT2D eigenvalue weighted by Crippen LogP contribution is 2.26. The molecular formula is C28H27FN4O3. The van der Waals surface area contributed by atoms with E-state index in [-0.39, 0.29) is 18.9 Å². The van der Waals surface area contributed by atoms with Crippen LogP contribution in [0.5, 0.6) is 0 Å². The summed E-state index contributed by atoms with van der Waals surface area (Å²) in [7, 11) is 0. The highest BCUT2D eigenvalue weighted by Gasteiger charge is 2.35. The Kier molecular flexibility index (Phi) is 7.30. The van der Waals surface area contributed by atoms with Crippen LogP contribution < -0.4 is 10.9 Å². The monoisotopic (exact) mass is 486 g/mol. The third-order valence-corrected chi connectivity index (χ3v) is 6.27. The summed E-state index contributed by atoms with van der Waals surface area (Å²) in [5.41, 5.74) is 1.83. The van der Waals surface area contributed by atoms with E-state index >= 15 is 0 Å². The van der Waals surface area contributed by atoms with Gasteiger partial charge in [-0.3, -0.25) is 14.4 Å². The number of para-hydroxylation sites is 1. The molecule has 1 aliphatic heterocycles. The molecule has 1 N–H and O–H groups in total. The third-order valence-electron chi connectivity index (χ3n) is 6.27. The summed E-state index contributed by atoms with van der Waals surface area (Å²) in [6.07, 6.45) is 2.12. The third kappa shape index (κ3) is 5.20. The molecule has 0 saturated carbocycles. The van der Waals surface area contributed by atoms with E-state index in [0.717, 1.165) is 5.56 Å². The Morgan fingerprint density at radius 1 is 1.11 bits per heavy atom. The molecule has 0 saturated heterocycles. The van der Waals surface area contributed by atoms with E-state index in [9.17, 15) is 24.0 Å². The molecule has 2 aromatic carbocycles. The van der Waals surface area contributed by atoms with Crippen molar-refractivity contribution in [3.8, 4) is 17.2 Å². The van der Waals surface area contributed by atoms with Crippen LogP contribution in [0.4, 0.5) is 10.1 Å². The second kappa shape index (κ2) is 10.6. The molecule has 2 atom stereocenters. The van der Waals surface area contributed by atoms with Gasteiger partial charge in [-0.25, -0.2) is 4.39 Å². The standard InChI is InChI=1S/C28H27FN4O3/c1-18(2)14-25(32-13-5-7-23(27(32)35)19-9-11-21(29)12-10-19)28(36)33-17-26(34)31-24-8-4-3-6-20(24)15-22(33)16-30/h3-13,18,22,25H,14-15,17H2,1-2H3,(H,31,34)/t22-,25-/m0/s1. The predicted octanol–water partition coefficient (Wildman–Crippen LogP) is 4.16. The van der Waals surface area contributed by atoms with Gasteiger partial charge in [0.05, 0.1) is 6.07 Å². The predicted molar refractivity (Wildman–Crippen MR) is 134 cm³/mol. The first-order valence-electron chi connectivity index (χ1n) is 11.8. The lowest BCUT2D eigenvalue weighted by molar-refractivity contribution is -0.139. The summed E-state index contributed by atoms with van der Waals surface area (Å²) in [5, 5.41) is 12.8. The van der Waals surface area contributed by atoms with Crippen molar-refractivity contribution in [1.29, 1.82) is 5.26 Å². The van der Waals surface area contributed by atoms with Gasteiger partial charge < -0.3 is 14.8 Å². The van der Waals surface area contributed by atoms with E-state index in [1.165, 1.54) is 33.7 Å². The molecular weight excluding hydrogens is 459 g/mol. The lowest BCUT2D eigenvalue weighted by Gasteiger charge is -2.33. The summed E-state index contributed by atoms with van der Waals surface area (Å²) in [5.74, 6) is -1.25. The number of halogens is 1. The maximum absolute atomic E-state index is 14.0. The van der Waals surface area contributed by atoms with Crippen LogP contribution in [0.25, 0.3) is 11.1 Å². The van der Waals surface area contributed by atoms with E-state index in [1.54, 1.807) is 30.5 Å². The molecule has 0 fully saturated rings. The normalized spacial score (nSPS) is 16.4. The van der Waals surface area contributed by atoms with Gasteiger partial charge in [0.2, 0.25) is 11.8 Å². The highest BCUT2D eigenvalue weighted by molar-refractivity contribution is 5.96. The number of carbonyl (C=O) groups is 2. The van der Waals surface area contributed by atoms with E-state index in [0.29, 0.717) is 23.2 Å². The Bertz CT molecular complexity index is 1370. The number of fused-ring (bicyclic) bond motifs is 1. The van der Waals surface area contributed by atoms with Gasteiger partial charge in [-0.15, -0.1) is 0 Å². The van der Waals surface area contributed by atoms with Crippen LogP contribution in [-0.2, 0) is 16.0 Å². The van der Waals surface area contributed by atoms with Crippen molar-refractivity contribution >= 4 is 17.5 Å². The van der Waals surface area contributed by atoms with Crippen LogP contribution >= 0.6 is 0 Å². The van der Waals surface area contributed by atoms with Gasteiger partial charge in [0, 0.05) is 23.9 Å². The number of nitrogens with zero attached hydrogens (tertiary/aromatic N) is 3. The number of amides is 2. The van der Waals surface area contributed by atoms with Crippen molar-refractivity contribution in [3.63, 3.8) is 0 Å². The maximum atomic E-state index is 14.0. The van der Waals surface area contributed by atoms with E-state index in [1.807, 2.05) is 26.0 Å². The molecule has 0 bridgehead atoms. The van der Waals surface area contributed by atoms with Crippen molar-refractivity contribution in [1.82, 2.24) is 9.47 Å². The summed E-state index contributed by atoms with van der Waals surface area (Å²) in [4.78, 5) is 41.5. The number of rotatable bonds is 5. The molecule has 36 heavy (non-hydrogen) atoms. The second-order valence-electron chi connectivity index (χ2n) is 9.31. The fraction of sp³-hybridized carbons (Fsp3) is 0.286. The van der Waals surface area contributed by atoms with E-state index < -0.39 is 35.3 Å². The first-order valence-corrected chi connectivity index (χ1v) is 11.8. The van der Waals surface area contributed by atoms with Crippen LogP contribution in [0.2, 0.25) is 0 Å². The minimum Gasteiger partial charge on any atom is -0.324 e. The molecule has 8 heteroatoms. The van der Waals surface area contributed by atoms with Crippen molar-refractivity contribution in [2.45, 2.75) is 38.8 Å². The Morgan fingerprint density at radius 3 is 2.53 bits per heavy atom. The Labute approximate surface area is 208 Å². The highest BCUT2D eigenvalue weighted by atomic mass is 19.1. The fourth-order valence-corrected chi connectivity index (χ4v) is 4.52. The SMILES string of the molecule is CC(C)C[C@@H](C(=O)N1CC(=O)Nc2ccccc2C[C@H]1C#N)n1cccc(-c2ccc(F)cc2)c1=O. The molecule has 184 valence electrons. The lowest BCUT2D eigenvalue weighted by atomic mass is 9.98. The summed E-state index contributed by atoms with van der Waals surface area (Å²) < 4.78 is 14.8. The fourth-order valence-electron chi connectivity index (χ4n) is 4.52. The zero-order chi connectivity index (χ0) is 25.8. The molecule has 2 heterocycles. The quantitative estimate of drug-likeness (QED) is 0.586. The molecule has 4 rings (SSSR count). The first-order chi connectivity index (χ1) is 17.3. The average Bonchev–Trinajstić information content (AvgIpc) is 2.85. The van der Waals surface area contributed by atoms with Gasteiger partial charge in [0.15, 0.2) is 0 Å². The zero-order valence-corrected chi connectivity index (χ0v) is 20.1.